The number of aliphatic imine (C=N–C) groups is 1. The lowest BCUT2D eigenvalue weighted by atomic mass is 9.99. The number of rotatable bonds is 5. The van der Waals surface area contributed by atoms with Crippen molar-refractivity contribution in [3.63, 3.8) is 0 Å². The van der Waals surface area contributed by atoms with Crippen LogP contribution in [0.15, 0.2) is 17.1 Å². The van der Waals surface area contributed by atoms with Gasteiger partial charge in [-0.2, -0.15) is 0 Å². The Hall–Kier alpha value is -0.340. The van der Waals surface area contributed by atoms with Crippen LogP contribution in [0, 0.1) is 12.8 Å². The Kier molecular flexibility index (Phi) is 9.46. The summed E-state index contributed by atoms with van der Waals surface area (Å²) < 4.78 is 0. The minimum Gasteiger partial charge on any atom is -0.355 e. The monoisotopic (exact) mass is 450 g/mol. The lowest BCUT2D eigenvalue weighted by molar-refractivity contribution is 0.139. The number of hydrogen-bond acceptors (Lipinski definition) is 3. The van der Waals surface area contributed by atoms with Crippen LogP contribution in [0.5, 0.6) is 0 Å². The van der Waals surface area contributed by atoms with Crippen molar-refractivity contribution in [2.75, 3.05) is 26.7 Å². The van der Waals surface area contributed by atoms with Crippen LogP contribution >= 0.6 is 35.3 Å². The van der Waals surface area contributed by atoms with Crippen LogP contribution in [0.2, 0.25) is 0 Å². The topological polar surface area (TPSA) is 39.7 Å². The molecule has 1 fully saturated rings. The van der Waals surface area contributed by atoms with E-state index in [0.717, 1.165) is 25.0 Å². The van der Waals surface area contributed by atoms with E-state index in [0.29, 0.717) is 6.04 Å². The predicted octanol–water partition coefficient (Wildman–Crippen LogP) is 3.46. The van der Waals surface area contributed by atoms with Gasteiger partial charge >= 0.3 is 0 Å². The normalized spacial score (nSPS) is 20.7. The highest BCUT2D eigenvalue weighted by molar-refractivity contribution is 14.0. The van der Waals surface area contributed by atoms with Crippen molar-refractivity contribution in [2.45, 2.75) is 46.2 Å². The zero-order valence-electron chi connectivity index (χ0n) is 14.8. The molecular weight excluding hydrogens is 419 g/mol. The van der Waals surface area contributed by atoms with Gasteiger partial charge in [0.05, 0.1) is 6.54 Å². The fraction of sp³-hybridized carbons (Fsp3) is 0.706. The summed E-state index contributed by atoms with van der Waals surface area (Å²) in [6, 6.07) is 4.89. The average Bonchev–Trinajstić information content (AvgIpc) is 2.92. The summed E-state index contributed by atoms with van der Waals surface area (Å²) in [5.74, 6) is 1.72. The van der Waals surface area contributed by atoms with Crippen molar-refractivity contribution in [2.24, 2.45) is 10.9 Å². The van der Waals surface area contributed by atoms with Gasteiger partial charge in [-0.15, -0.1) is 35.3 Å². The van der Waals surface area contributed by atoms with Crippen LogP contribution in [0.4, 0.5) is 0 Å². The number of nitrogens with zero attached hydrogens (tertiary/aromatic N) is 2. The molecule has 23 heavy (non-hydrogen) atoms. The second kappa shape index (κ2) is 10.5. The number of hydrogen-bond donors (Lipinski definition) is 2. The first kappa shape index (κ1) is 20.7. The zero-order chi connectivity index (χ0) is 15.9. The van der Waals surface area contributed by atoms with Crippen molar-refractivity contribution in [3.8, 4) is 0 Å². The van der Waals surface area contributed by atoms with Gasteiger partial charge in [0.15, 0.2) is 5.96 Å². The largest absolute Gasteiger partial charge is 0.355 e. The van der Waals surface area contributed by atoms with E-state index in [1.807, 2.05) is 18.4 Å². The number of likely N-dealkylation sites (tertiary alicyclic amines) is 1. The highest BCUT2D eigenvalue weighted by atomic mass is 127. The molecule has 0 aliphatic carbocycles. The molecule has 2 unspecified atom stereocenters. The summed E-state index contributed by atoms with van der Waals surface area (Å²) in [4.78, 5) is 9.62. The molecular formula is C17H31IN4S. The minimum atomic E-state index is 0. The molecule has 2 atom stereocenters. The summed E-state index contributed by atoms with van der Waals surface area (Å²) in [6.45, 7) is 11.0. The number of piperidine rings is 1. The van der Waals surface area contributed by atoms with E-state index in [1.165, 1.54) is 35.7 Å². The molecule has 132 valence electrons. The minimum absolute atomic E-state index is 0. The van der Waals surface area contributed by atoms with Gasteiger partial charge in [0, 0.05) is 35.9 Å². The van der Waals surface area contributed by atoms with Crippen LogP contribution in [0.25, 0.3) is 0 Å². The van der Waals surface area contributed by atoms with Crippen LogP contribution in [0.1, 0.15) is 36.4 Å². The molecule has 2 rings (SSSR count). The summed E-state index contributed by atoms with van der Waals surface area (Å²) in [6.07, 6.45) is 2.70. The molecule has 2 heterocycles. The van der Waals surface area contributed by atoms with Crippen molar-refractivity contribution in [1.82, 2.24) is 15.5 Å². The van der Waals surface area contributed by atoms with Crippen LogP contribution in [-0.2, 0) is 6.54 Å². The van der Waals surface area contributed by atoms with Gasteiger partial charge < -0.3 is 10.6 Å². The molecule has 1 aromatic rings. The van der Waals surface area contributed by atoms with E-state index in [9.17, 15) is 0 Å². The summed E-state index contributed by atoms with van der Waals surface area (Å²) in [5, 5.41) is 6.86. The average molecular weight is 450 g/mol. The first-order chi connectivity index (χ1) is 10.6. The van der Waals surface area contributed by atoms with Crippen molar-refractivity contribution in [1.29, 1.82) is 0 Å². The maximum absolute atomic E-state index is 4.32. The number of halogens is 1. The molecule has 0 saturated carbocycles. The van der Waals surface area contributed by atoms with Crippen molar-refractivity contribution in [3.05, 3.63) is 21.9 Å². The Labute approximate surface area is 162 Å². The van der Waals surface area contributed by atoms with Gasteiger partial charge in [0.25, 0.3) is 0 Å². The number of aryl methyl sites for hydroxylation is 1. The second-order valence-electron chi connectivity index (χ2n) is 6.41. The van der Waals surface area contributed by atoms with Crippen molar-refractivity contribution < 1.29 is 0 Å². The van der Waals surface area contributed by atoms with Crippen LogP contribution in [0.3, 0.4) is 0 Å². The third kappa shape index (κ3) is 6.97. The third-order valence-corrected chi connectivity index (χ3v) is 5.33. The lowest BCUT2D eigenvalue weighted by Gasteiger charge is -2.35. The molecule has 1 saturated heterocycles. The highest BCUT2D eigenvalue weighted by Crippen LogP contribution is 2.17. The highest BCUT2D eigenvalue weighted by Gasteiger charge is 2.20. The summed E-state index contributed by atoms with van der Waals surface area (Å²) >= 11 is 1.83. The Bertz CT molecular complexity index is 489. The van der Waals surface area contributed by atoms with E-state index in [2.05, 4.69) is 53.4 Å². The van der Waals surface area contributed by atoms with Gasteiger partial charge in [-0.05, 0) is 51.3 Å². The molecule has 0 aromatic carbocycles. The Morgan fingerprint density at radius 3 is 2.83 bits per heavy atom. The van der Waals surface area contributed by atoms with E-state index >= 15 is 0 Å². The van der Waals surface area contributed by atoms with Gasteiger partial charge in [-0.25, -0.2) is 0 Å². The Balaban J connectivity index is 0.00000264. The SMILES string of the molecule is CN=C(NCc1ccc(C)s1)NCC(C)N1CCCC(C)C1.I. The van der Waals surface area contributed by atoms with Gasteiger partial charge in [0.1, 0.15) is 0 Å². The molecule has 6 heteroatoms. The first-order valence-electron chi connectivity index (χ1n) is 8.32. The third-order valence-electron chi connectivity index (χ3n) is 4.33. The molecule has 4 nitrogen and oxygen atoms in total. The fourth-order valence-corrected chi connectivity index (χ4v) is 3.80. The van der Waals surface area contributed by atoms with E-state index < -0.39 is 0 Å². The molecule has 1 aliphatic rings. The summed E-state index contributed by atoms with van der Waals surface area (Å²) in [7, 11) is 1.84. The Morgan fingerprint density at radius 1 is 1.43 bits per heavy atom. The molecule has 2 N–H and O–H groups in total. The van der Waals surface area contributed by atoms with Gasteiger partial charge in [0.2, 0.25) is 0 Å². The number of nitrogens with one attached hydrogen (secondary N) is 2. The zero-order valence-corrected chi connectivity index (χ0v) is 17.9. The Morgan fingerprint density at radius 2 is 2.22 bits per heavy atom. The quantitative estimate of drug-likeness (QED) is 0.410. The molecule has 0 radical (unpaired) electrons. The standard InChI is InChI=1S/C17H30N4S.HI/c1-13-6-5-9-21(12-13)14(2)10-19-17(18-4)20-11-16-8-7-15(3)22-16;/h7-8,13-14H,5-6,9-12H2,1-4H3,(H2,18,19,20);1H. The van der Waals surface area contributed by atoms with E-state index in [-0.39, 0.29) is 24.0 Å². The number of thiophene rings is 1. The maximum Gasteiger partial charge on any atom is 0.191 e. The molecule has 1 aromatic heterocycles. The molecule has 1 aliphatic heterocycles. The van der Waals surface area contributed by atoms with Crippen LogP contribution in [-0.4, -0.2) is 43.6 Å². The maximum atomic E-state index is 4.32. The smallest absolute Gasteiger partial charge is 0.191 e. The first-order valence-corrected chi connectivity index (χ1v) is 9.14. The number of guanidine groups is 1. The molecule has 0 spiro atoms. The molecule has 0 amide bonds. The van der Waals surface area contributed by atoms with E-state index in [4.69, 9.17) is 0 Å². The lowest BCUT2D eigenvalue weighted by Crippen LogP contribution is -2.48. The predicted molar refractivity (Wildman–Crippen MR) is 112 cm³/mol. The second-order valence-corrected chi connectivity index (χ2v) is 7.78. The van der Waals surface area contributed by atoms with Crippen molar-refractivity contribution >= 4 is 41.3 Å². The summed E-state index contributed by atoms with van der Waals surface area (Å²) in [5.41, 5.74) is 0. The fourth-order valence-electron chi connectivity index (χ4n) is 2.97. The van der Waals surface area contributed by atoms with E-state index in [1.54, 1.807) is 0 Å². The van der Waals surface area contributed by atoms with Gasteiger partial charge in [-0.3, -0.25) is 9.89 Å². The van der Waals surface area contributed by atoms with Gasteiger partial charge in [-0.1, -0.05) is 6.92 Å². The molecule has 0 bridgehead atoms. The van der Waals surface area contributed by atoms with Crippen LogP contribution < -0.4 is 10.6 Å².